The zero-order chi connectivity index (χ0) is 109. The van der Waals surface area contributed by atoms with E-state index < -0.39 is 180 Å². The van der Waals surface area contributed by atoms with Crippen LogP contribution in [-0.2, 0) is 60.0 Å². The number of anilines is 4. The second-order valence-corrected chi connectivity index (χ2v) is 52.5. The Kier molecular flexibility index (Phi) is 30.0. The Morgan fingerprint density at radius 2 is 0.567 bits per heavy atom. The van der Waals surface area contributed by atoms with Crippen LogP contribution in [0, 0.1) is 97.7 Å². The predicted octanol–water partition coefficient (Wildman–Crippen LogP) is 22.7. The van der Waals surface area contributed by atoms with E-state index in [9.17, 15) is 80.7 Å². The monoisotopic (exact) mass is 2170 g/mol. The number of hydrogen-bond acceptors (Lipinski definition) is 16. The highest BCUT2D eigenvalue weighted by molar-refractivity contribution is 6.33. The van der Waals surface area contributed by atoms with Gasteiger partial charge in [0.15, 0.2) is 46.4 Å². The molecule has 8 fully saturated rings. The van der Waals surface area contributed by atoms with Gasteiger partial charge in [0.1, 0.15) is 50.7 Å². The molecule has 4 saturated heterocycles. The number of carbonyl (C=O) groups is 8. The number of Topliss-reactive ketones (excluding diaryl/α,β-unsaturated/α-hetero) is 4. The minimum atomic E-state index is -1.60. The maximum atomic E-state index is 15.7. The van der Waals surface area contributed by atoms with Crippen molar-refractivity contribution in [2.75, 3.05) is 21.3 Å². The maximum Gasteiger partial charge on any atom is 0.237 e. The lowest BCUT2D eigenvalue weighted by Gasteiger charge is -2.41. The van der Waals surface area contributed by atoms with Gasteiger partial charge in [0.25, 0.3) is 0 Å². The van der Waals surface area contributed by atoms with Crippen LogP contribution in [0.25, 0.3) is 0 Å². The molecule has 8 aromatic rings. The van der Waals surface area contributed by atoms with Crippen molar-refractivity contribution in [3.05, 3.63) is 255 Å². The smallest absolute Gasteiger partial charge is 0.237 e. The zero-order valence-corrected chi connectivity index (χ0v) is 90.4. The third-order valence-corrected chi connectivity index (χ3v) is 34.5. The number of nitrogens with one attached hydrogen (secondary N) is 8. The van der Waals surface area contributed by atoms with Crippen molar-refractivity contribution < 1.29 is 98.3 Å². The van der Waals surface area contributed by atoms with Crippen LogP contribution in [0.5, 0.6) is 0 Å². The first-order valence-corrected chi connectivity index (χ1v) is 53.3. The molecule has 804 valence electrons. The van der Waals surface area contributed by atoms with Crippen LogP contribution in [0.4, 0.5) is 62.3 Å². The summed E-state index contributed by atoms with van der Waals surface area (Å²) in [6.45, 7) is 31.2. The molecule has 12 aliphatic rings. The Labute approximate surface area is 892 Å². The fourth-order valence-corrected chi connectivity index (χ4v) is 28.7. The van der Waals surface area contributed by atoms with Crippen LogP contribution in [0.3, 0.4) is 0 Å². The van der Waals surface area contributed by atoms with Crippen molar-refractivity contribution in [3.63, 3.8) is 0 Å². The Bertz CT molecular complexity index is 6360. The minimum absolute atomic E-state index is 0.000755. The second-order valence-electron chi connectivity index (χ2n) is 50.4. The van der Waals surface area contributed by atoms with Gasteiger partial charge >= 0.3 is 0 Å². The van der Waals surface area contributed by atoms with Crippen molar-refractivity contribution in [2.45, 2.75) is 330 Å². The van der Waals surface area contributed by atoms with E-state index in [1.807, 2.05) is 83.1 Å². The number of aliphatic hydroxyl groups is 4. The predicted molar refractivity (Wildman–Crippen MR) is 559 cm³/mol. The number of halogens is 14. The van der Waals surface area contributed by atoms with Gasteiger partial charge in [0.05, 0.1) is 66.7 Å². The fraction of sp³-hybridized carbons (Fsp3) is 0.517. The lowest BCUT2D eigenvalue weighted by Crippen LogP contribution is -2.49. The van der Waals surface area contributed by atoms with Gasteiger partial charge in [-0.25, -0.2) is 39.5 Å². The van der Waals surface area contributed by atoms with Gasteiger partial charge < -0.3 is 63.0 Å². The molecular weight excluding hydrogens is 2050 g/mol. The van der Waals surface area contributed by atoms with Crippen LogP contribution in [-0.4, -0.2) is 138 Å². The molecule has 8 heterocycles. The largest absolute Gasteiger partial charge is 0.390 e. The molecular formula is C116H130Cl5F9N8O12. The van der Waals surface area contributed by atoms with Gasteiger partial charge in [0, 0.05) is 107 Å². The van der Waals surface area contributed by atoms with Crippen molar-refractivity contribution in [3.8, 4) is 0 Å². The summed E-state index contributed by atoms with van der Waals surface area (Å²) in [4.78, 5) is 112. The number of carbonyl (C=O) groups excluding carboxylic acids is 8. The summed E-state index contributed by atoms with van der Waals surface area (Å²) < 4.78 is 135. The molecule has 0 bridgehead atoms. The van der Waals surface area contributed by atoms with Gasteiger partial charge in [-0.1, -0.05) is 202 Å². The first-order valence-electron chi connectivity index (χ1n) is 51.4. The van der Waals surface area contributed by atoms with Crippen LogP contribution in [0.15, 0.2) is 133 Å². The summed E-state index contributed by atoms with van der Waals surface area (Å²) in [5.41, 5.74) is -6.74. The molecule has 0 aromatic heterocycles. The third-order valence-electron chi connectivity index (χ3n) is 33.1. The fourth-order valence-electron chi connectivity index (χ4n) is 27.8. The van der Waals surface area contributed by atoms with E-state index >= 15 is 17.6 Å². The molecule has 20 nitrogen and oxygen atoms in total. The molecule has 8 aliphatic heterocycles. The number of ketones is 4. The van der Waals surface area contributed by atoms with E-state index in [1.165, 1.54) is 60.7 Å². The van der Waals surface area contributed by atoms with Crippen molar-refractivity contribution in [2.24, 2.45) is 45.3 Å². The molecule has 4 aliphatic carbocycles. The second kappa shape index (κ2) is 40.2. The molecule has 4 saturated carbocycles. The highest BCUT2D eigenvalue weighted by atomic mass is 35.5. The molecule has 16 atom stereocenters. The normalized spacial score (nSPS) is 32.5. The highest BCUT2D eigenvalue weighted by Gasteiger charge is 2.72. The summed E-state index contributed by atoms with van der Waals surface area (Å²) >= 11 is 30.9. The molecule has 8 aromatic carbocycles. The van der Waals surface area contributed by atoms with Crippen molar-refractivity contribution in [1.82, 2.24) is 21.3 Å². The topological polar surface area (TPSA) is 314 Å². The number of hydrogen-bond donors (Lipinski definition) is 12. The standard InChI is InChI=1S/C29H32Cl2F2N2O3.C29H32ClF3N2O3.2C29H33ClF2N2O3/c1-27(2,3)13-22-29(16-9-19(32)18(31)10-20(16)34-26(29)37)23(15-6-5-7-17(30)24(15)33)25(35-22)21(36)8-14-11-28(4,38)12-14;1-27(2,3)13-22-29(16-9-18(31)19(32)10-20(16)34-26(29)37)23(15-6-5-7-17(30)24(15)33)25(35-22)21(36)8-14-11-28(4,38)12-14;1-27(2,3)14-22-29(18-9-8-16(31)11-20(18)33-26(29)36)23(17-6-5-7-19(30)24(17)32)25(34-22)21(35)10-15-12-28(4,37)13-15;1-27(2,3)14-22-29(18-9-8-16(30)11-20(18)33-26(29)36)23(17-6-5-7-19(31)24(17)32)25(34-22)21(35)10-15-12-28(4,37)13-15/h2*5-7,9-10,14,22-23,25,35,38H,8,11-13H2,1-4H3,(H,34,37);2*5-9,11,15,22-23,25,34,37H,10,12-14H2,1-4H3,(H,33,36)/t2*14?,22-,23+,25+,28?,29+;2*15?,22-,23+,25+,28?,29+/m1111/s1. The highest BCUT2D eigenvalue weighted by Crippen LogP contribution is 2.65. The number of amides is 4. The Morgan fingerprint density at radius 3 is 0.873 bits per heavy atom. The lowest BCUT2D eigenvalue weighted by molar-refractivity contribution is -0.128. The van der Waals surface area contributed by atoms with E-state index in [4.69, 9.17) is 58.0 Å². The number of fused-ring (bicyclic) bond motifs is 8. The van der Waals surface area contributed by atoms with E-state index in [-0.39, 0.29) is 160 Å². The van der Waals surface area contributed by atoms with Gasteiger partial charge in [0.2, 0.25) is 23.6 Å². The molecule has 4 amide bonds. The number of benzene rings is 8. The van der Waals surface area contributed by atoms with E-state index in [1.54, 1.807) is 82.3 Å². The van der Waals surface area contributed by atoms with E-state index in [0.29, 0.717) is 116 Å². The minimum Gasteiger partial charge on any atom is -0.390 e. The summed E-state index contributed by atoms with van der Waals surface area (Å²) in [7, 11) is 0. The molecule has 0 unspecified atom stereocenters. The average molecular weight is 2180 g/mol. The van der Waals surface area contributed by atoms with Gasteiger partial charge in [-0.15, -0.1) is 0 Å². The summed E-state index contributed by atoms with van der Waals surface area (Å²) in [6.07, 6.45) is 6.52. The average Bonchev–Trinajstić information content (AvgIpc) is 1.55. The van der Waals surface area contributed by atoms with Gasteiger partial charge in [-0.05, 0) is 261 Å². The first-order chi connectivity index (χ1) is 69.7. The lowest BCUT2D eigenvalue weighted by atomic mass is 9.61. The van der Waals surface area contributed by atoms with Gasteiger partial charge in [-0.3, -0.25) is 38.4 Å². The van der Waals surface area contributed by atoms with Crippen LogP contribution in [0.2, 0.25) is 25.1 Å². The van der Waals surface area contributed by atoms with E-state index in [2.05, 4.69) is 42.5 Å². The molecule has 150 heavy (non-hydrogen) atoms. The van der Waals surface area contributed by atoms with Crippen LogP contribution in [0.1, 0.15) is 282 Å². The maximum absolute atomic E-state index is 15.7. The van der Waals surface area contributed by atoms with E-state index in [0.717, 1.165) is 18.2 Å². The Balaban J connectivity index is 0.000000136. The molecule has 0 radical (unpaired) electrons. The third kappa shape index (κ3) is 20.7. The van der Waals surface area contributed by atoms with Crippen molar-refractivity contribution in [1.29, 1.82) is 0 Å². The zero-order valence-electron chi connectivity index (χ0n) is 86.6. The molecule has 20 rings (SSSR count). The number of rotatable bonds is 20. The van der Waals surface area contributed by atoms with Gasteiger partial charge in [-0.2, -0.15) is 0 Å². The SMILES string of the molecule is CC(C)(C)C[C@H]1N[C@@H](C(=O)CC2CC(C)(O)C2)[C@H](c2cccc(Cl)c2F)[C@@]12C(=O)Nc1cc(Cl)c(F)cc12.CC(C)(C)C[C@H]1N[C@@H](C(=O)CC2CC(C)(O)C2)[C@H](c2cccc(Cl)c2F)[C@@]12C(=O)Nc1cc(F)c(F)cc12.CC(C)(C)C[C@H]1N[C@@H](C(=O)CC2CC(C)(O)C2)[C@H](c2cccc(Cl)c2F)[C@@]12C(=O)Nc1cc(F)ccc12.CC(C)(C)C[C@H]1N[C@@H](C(=O)CC2CC(C)(O)C2)[C@H](c2cccc(F)c2F)[C@@]12C(=O)Nc1cc(Cl)ccc12. The molecule has 4 spiro atoms. The Morgan fingerprint density at radius 1 is 0.307 bits per heavy atom. The first kappa shape index (κ1) is 112. The Hall–Kier alpha value is -9.18. The summed E-state index contributed by atoms with van der Waals surface area (Å²) in [6, 6.07) is 25.2. The molecule has 34 heteroatoms. The van der Waals surface area contributed by atoms with Crippen LogP contribution >= 0.6 is 58.0 Å². The quantitative estimate of drug-likeness (QED) is 0.0316. The summed E-state index contributed by atoms with van der Waals surface area (Å²) in [5, 5.41) is 65.6. The van der Waals surface area contributed by atoms with Crippen molar-refractivity contribution >= 4 is 128 Å². The summed E-state index contributed by atoms with van der Waals surface area (Å²) in [5.74, 6) is -14.1. The molecule has 12 N–H and O–H groups in total. The van der Waals surface area contributed by atoms with Crippen LogP contribution < -0.4 is 42.5 Å².